The van der Waals surface area contributed by atoms with Gasteiger partial charge in [0.25, 0.3) is 5.91 Å². The normalized spacial score (nSPS) is 14.8. The first kappa shape index (κ1) is 22.7. The van der Waals surface area contributed by atoms with Crippen LogP contribution in [0.2, 0.25) is 0 Å². The number of hydrogen-bond acceptors (Lipinski definition) is 2. The van der Waals surface area contributed by atoms with E-state index in [4.69, 9.17) is 0 Å². The highest BCUT2D eigenvalue weighted by molar-refractivity contribution is 6.12. The Hall–Kier alpha value is -4.10. The average Bonchev–Trinajstić information content (AvgIpc) is 3.23. The minimum atomic E-state index is -0.680. The molecule has 0 aliphatic carbocycles. The Morgan fingerprint density at radius 1 is 1.06 bits per heavy atom. The predicted octanol–water partition coefficient (Wildman–Crippen LogP) is 7.46. The summed E-state index contributed by atoms with van der Waals surface area (Å²) < 4.78 is 2.44. The molecule has 0 N–H and O–H groups in total. The van der Waals surface area contributed by atoms with Crippen molar-refractivity contribution in [3.63, 3.8) is 0 Å². The van der Waals surface area contributed by atoms with E-state index in [0.717, 1.165) is 48.1 Å². The van der Waals surface area contributed by atoms with Gasteiger partial charge in [0.15, 0.2) is 0 Å². The maximum Gasteiger partial charge on any atom is 0.259 e. The number of nitrogens with zero attached hydrogens (tertiary/aromatic N) is 3. The fraction of sp³-hybridized carbons (Fsp3) is 0.226. The molecule has 1 amide bonds. The molecule has 1 aromatic heterocycles. The topological polar surface area (TPSA) is 49.0 Å². The first-order chi connectivity index (χ1) is 17.1. The minimum absolute atomic E-state index is 0.166. The number of amides is 1. The maximum absolute atomic E-state index is 13.3. The number of aryl methyl sites for hydroxylation is 3. The molecule has 0 saturated carbocycles. The van der Waals surface area contributed by atoms with Gasteiger partial charge in [0.05, 0.1) is 11.6 Å². The van der Waals surface area contributed by atoms with E-state index in [1.165, 1.54) is 21.8 Å². The molecule has 0 fully saturated rings. The number of carbonyl (C=O) groups excluding carboxylic acids is 1. The van der Waals surface area contributed by atoms with Gasteiger partial charge < -0.3 is 4.57 Å². The Balaban J connectivity index is 1.71. The average molecular weight is 460 g/mol. The standard InChI is InChI=1S/C31H29N3O/c1-4-5-6-12-18-33-26-16-11-10-15-25(26)29-22(3)28-24(21(2)30(29)33)17-19-34(27(28)20-32)31(35)23-13-8-7-9-14-23/h4,7-11,13-17,19,27H,1,5-6,12,18H2,2-3H3. The van der Waals surface area contributed by atoms with Crippen molar-refractivity contribution in [1.82, 2.24) is 9.47 Å². The number of benzene rings is 3. The molecule has 4 heteroatoms. The van der Waals surface area contributed by atoms with E-state index in [1.54, 1.807) is 23.2 Å². The van der Waals surface area contributed by atoms with Crippen molar-refractivity contribution < 1.29 is 4.79 Å². The summed E-state index contributed by atoms with van der Waals surface area (Å²) in [5, 5.41) is 12.7. The molecule has 0 saturated heterocycles. The van der Waals surface area contributed by atoms with Gasteiger partial charge in [-0.15, -0.1) is 6.58 Å². The Kier molecular flexibility index (Phi) is 6.01. The first-order valence-corrected chi connectivity index (χ1v) is 12.2. The Morgan fingerprint density at radius 2 is 1.80 bits per heavy atom. The fourth-order valence-electron chi connectivity index (χ4n) is 5.52. The van der Waals surface area contributed by atoms with Crippen LogP contribution in [0.25, 0.3) is 27.9 Å². The molecule has 174 valence electrons. The van der Waals surface area contributed by atoms with E-state index in [1.807, 2.05) is 30.4 Å². The van der Waals surface area contributed by atoms with Crippen molar-refractivity contribution in [2.75, 3.05) is 0 Å². The molecular weight excluding hydrogens is 430 g/mol. The van der Waals surface area contributed by atoms with Crippen LogP contribution >= 0.6 is 0 Å². The number of para-hydroxylation sites is 1. The molecule has 4 aromatic rings. The van der Waals surface area contributed by atoms with Crippen LogP contribution in [0.15, 0.2) is 73.5 Å². The molecule has 1 atom stereocenters. The molecule has 0 radical (unpaired) electrons. The van der Waals surface area contributed by atoms with Crippen LogP contribution in [0.4, 0.5) is 0 Å². The number of rotatable bonds is 6. The van der Waals surface area contributed by atoms with E-state index < -0.39 is 6.04 Å². The Labute approximate surface area is 206 Å². The second kappa shape index (κ2) is 9.27. The third-order valence-corrected chi connectivity index (χ3v) is 7.17. The summed E-state index contributed by atoms with van der Waals surface area (Å²) in [7, 11) is 0. The van der Waals surface area contributed by atoms with Crippen molar-refractivity contribution in [3.8, 4) is 6.07 Å². The fourth-order valence-corrected chi connectivity index (χ4v) is 5.52. The van der Waals surface area contributed by atoms with Crippen LogP contribution in [0.5, 0.6) is 0 Å². The summed E-state index contributed by atoms with van der Waals surface area (Å²) in [5.41, 5.74) is 7.22. The van der Waals surface area contributed by atoms with Gasteiger partial charge in [-0.3, -0.25) is 9.69 Å². The number of unbranched alkanes of at least 4 members (excludes halogenated alkanes) is 2. The summed E-state index contributed by atoms with van der Waals surface area (Å²) in [4.78, 5) is 14.9. The summed E-state index contributed by atoms with van der Waals surface area (Å²) in [6.07, 6.45) is 8.96. The molecule has 0 spiro atoms. The number of aromatic nitrogens is 1. The van der Waals surface area contributed by atoms with Gasteiger partial charge in [-0.2, -0.15) is 5.26 Å². The molecule has 1 unspecified atom stereocenters. The van der Waals surface area contributed by atoms with Gasteiger partial charge in [-0.05, 0) is 74.1 Å². The lowest BCUT2D eigenvalue weighted by atomic mass is 9.86. The molecular formula is C31H29N3O. The SMILES string of the molecule is C=CCCCCn1c2ccccc2c2c(C)c3c(c(C)c21)C=CN(C(=O)c1ccccc1)C3C#N. The van der Waals surface area contributed by atoms with Crippen molar-refractivity contribution >= 4 is 33.8 Å². The van der Waals surface area contributed by atoms with Gasteiger partial charge >= 0.3 is 0 Å². The molecule has 35 heavy (non-hydrogen) atoms. The molecule has 4 nitrogen and oxygen atoms in total. The van der Waals surface area contributed by atoms with Crippen molar-refractivity contribution in [1.29, 1.82) is 5.26 Å². The van der Waals surface area contributed by atoms with E-state index >= 15 is 0 Å². The molecule has 3 aromatic carbocycles. The lowest BCUT2D eigenvalue weighted by Gasteiger charge is -2.31. The molecule has 1 aliphatic heterocycles. The van der Waals surface area contributed by atoms with Crippen LogP contribution < -0.4 is 0 Å². The highest BCUT2D eigenvalue weighted by atomic mass is 16.2. The van der Waals surface area contributed by atoms with Crippen LogP contribution in [0.1, 0.15) is 57.9 Å². The predicted molar refractivity (Wildman–Crippen MR) is 143 cm³/mol. The number of fused-ring (bicyclic) bond motifs is 4. The largest absolute Gasteiger partial charge is 0.340 e. The van der Waals surface area contributed by atoms with Crippen LogP contribution in [-0.2, 0) is 6.54 Å². The van der Waals surface area contributed by atoms with Gasteiger partial charge in [0.1, 0.15) is 6.04 Å². The second-order valence-electron chi connectivity index (χ2n) is 9.18. The summed E-state index contributed by atoms with van der Waals surface area (Å²) in [6.45, 7) is 9.03. The zero-order valence-electron chi connectivity index (χ0n) is 20.3. The van der Waals surface area contributed by atoms with Crippen molar-refractivity contribution in [2.24, 2.45) is 0 Å². The number of hydrogen-bond donors (Lipinski definition) is 0. The van der Waals surface area contributed by atoms with Crippen LogP contribution in [-0.4, -0.2) is 15.4 Å². The van der Waals surface area contributed by atoms with E-state index in [-0.39, 0.29) is 5.91 Å². The van der Waals surface area contributed by atoms with Gasteiger partial charge in [0, 0.05) is 40.2 Å². The zero-order chi connectivity index (χ0) is 24.5. The lowest BCUT2D eigenvalue weighted by molar-refractivity contribution is 0.0794. The van der Waals surface area contributed by atoms with Gasteiger partial charge in [0.2, 0.25) is 0 Å². The second-order valence-corrected chi connectivity index (χ2v) is 9.18. The third-order valence-electron chi connectivity index (χ3n) is 7.17. The minimum Gasteiger partial charge on any atom is -0.340 e. The smallest absolute Gasteiger partial charge is 0.259 e. The van der Waals surface area contributed by atoms with Gasteiger partial charge in [-0.1, -0.05) is 42.5 Å². The summed E-state index contributed by atoms with van der Waals surface area (Å²) >= 11 is 0. The first-order valence-electron chi connectivity index (χ1n) is 12.2. The van der Waals surface area contributed by atoms with E-state index in [0.29, 0.717) is 5.56 Å². The summed E-state index contributed by atoms with van der Waals surface area (Å²) in [5.74, 6) is -0.166. The maximum atomic E-state index is 13.3. The highest BCUT2D eigenvalue weighted by Crippen LogP contribution is 2.43. The molecule has 5 rings (SSSR count). The van der Waals surface area contributed by atoms with E-state index in [2.05, 4.69) is 55.3 Å². The third kappa shape index (κ3) is 3.65. The quantitative estimate of drug-likeness (QED) is 0.222. The zero-order valence-corrected chi connectivity index (χ0v) is 20.3. The summed E-state index contributed by atoms with van der Waals surface area (Å²) in [6, 6.07) is 19.4. The van der Waals surface area contributed by atoms with Crippen molar-refractivity contribution in [3.05, 3.63) is 101 Å². The molecule has 0 bridgehead atoms. The number of nitriles is 1. The van der Waals surface area contributed by atoms with Crippen LogP contribution in [0, 0.1) is 25.2 Å². The lowest BCUT2D eigenvalue weighted by Crippen LogP contribution is -2.32. The Bertz CT molecular complexity index is 1520. The molecule has 2 heterocycles. The van der Waals surface area contributed by atoms with E-state index in [9.17, 15) is 10.1 Å². The molecule has 1 aliphatic rings. The number of carbonyl (C=O) groups is 1. The highest BCUT2D eigenvalue weighted by Gasteiger charge is 2.33. The Morgan fingerprint density at radius 3 is 2.54 bits per heavy atom. The monoisotopic (exact) mass is 459 g/mol. The van der Waals surface area contributed by atoms with Crippen molar-refractivity contribution in [2.45, 2.75) is 45.7 Å². The number of allylic oxidation sites excluding steroid dienone is 1. The van der Waals surface area contributed by atoms with Crippen LogP contribution in [0.3, 0.4) is 0 Å². The van der Waals surface area contributed by atoms with Gasteiger partial charge in [-0.25, -0.2) is 0 Å².